The Balaban J connectivity index is 1.07. The molecule has 1 saturated carbocycles. The molecule has 1 aliphatic carbocycles. The molecule has 5 heteroatoms. The predicted octanol–water partition coefficient (Wildman–Crippen LogP) is 5.76. The van der Waals surface area contributed by atoms with Gasteiger partial charge in [0.15, 0.2) is 0 Å². The van der Waals surface area contributed by atoms with E-state index < -0.39 is 0 Å². The van der Waals surface area contributed by atoms with Gasteiger partial charge in [-0.25, -0.2) is 4.79 Å². The number of likely N-dealkylation sites (tertiary alicyclic amines) is 1. The molecule has 2 aliphatic heterocycles. The number of nitrogens with zero attached hydrogens (tertiary/aromatic N) is 1. The van der Waals surface area contributed by atoms with Gasteiger partial charge in [0.2, 0.25) is 0 Å². The molecule has 2 fully saturated rings. The lowest BCUT2D eigenvalue weighted by atomic mass is 9.98. The predicted molar refractivity (Wildman–Crippen MR) is 125 cm³/mol. The van der Waals surface area contributed by atoms with Crippen molar-refractivity contribution in [2.45, 2.75) is 44.4 Å². The molecular formula is C26H31N3O2. The van der Waals surface area contributed by atoms with E-state index in [4.69, 9.17) is 4.74 Å². The van der Waals surface area contributed by atoms with Crippen molar-refractivity contribution < 1.29 is 9.53 Å². The number of carbonyl (C=O) groups excluding carboxylic acids is 1. The number of fused-ring (bicyclic) bond motifs is 1. The summed E-state index contributed by atoms with van der Waals surface area (Å²) in [7, 11) is 0. The standard InChI is InChI=1S/C26H31N3O2/c1-18-2-3-22-16-24(10-11-25(22)27-18)31-17-19-12-14-29(15-13-19)26(30)28-23-8-6-21(7-9-23)20-4-5-20/h6-11,16,19-20,27H,1-5,12-15,17H2,(H,28,30). The molecule has 0 spiro atoms. The number of carbonyl (C=O) groups is 1. The maximum Gasteiger partial charge on any atom is 0.321 e. The van der Waals surface area contributed by atoms with Gasteiger partial charge in [-0.1, -0.05) is 18.7 Å². The number of urea groups is 1. The Bertz CT molecular complexity index is 957. The highest BCUT2D eigenvalue weighted by molar-refractivity contribution is 5.89. The van der Waals surface area contributed by atoms with Crippen LogP contribution in [0.5, 0.6) is 5.75 Å². The van der Waals surface area contributed by atoms with Crippen LogP contribution in [0, 0.1) is 5.92 Å². The average molecular weight is 418 g/mol. The molecule has 0 aromatic heterocycles. The first-order valence-electron chi connectivity index (χ1n) is 11.5. The zero-order valence-corrected chi connectivity index (χ0v) is 18.0. The van der Waals surface area contributed by atoms with Gasteiger partial charge in [-0.2, -0.15) is 0 Å². The molecule has 31 heavy (non-hydrogen) atoms. The van der Waals surface area contributed by atoms with E-state index in [1.54, 1.807) is 0 Å². The van der Waals surface area contributed by atoms with E-state index in [2.05, 4.69) is 41.5 Å². The Morgan fingerprint density at radius 2 is 1.84 bits per heavy atom. The Morgan fingerprint density at radius 3 is 2.58 bits per heavy atom. The SMILES string of the molecule is C=C1CCc2cc(OCC3CCN(C(=O)Nc4ccc(C5CC5)cc4)CC3)ccc2N1. The first kappa shape index (κ1) is 20.0. The highest BCUT2D eigenvalue weighted by Crippen LogP contribution is 2.40. The summed E-state index contributed by atoms with van der Waals surface area (Å²) in [5, 5.41) is 6.39. The Morgan fingerprint density at radius 1 is 1.06 bits per heavy atom. The van der Waals surface area contributed by atoms with Gasteiger partial charge in [-0.05, 0) is 91.8 Å². The number of hydrogen-bond donors (Lipinski definition) is 2. The minimum absolute atomic E-state index is 0.00214. The number of hydrogen-bond acceptors (Lipinski definition) is 3. The fraction of sp³-hybridized carbons (Fsp3) is 0.423. The molecule has 2 heterocycles. The monoisotopic (exact) mass is 417 g/mol. The highest BCUT2D eigenvalue weighted by Gasteiger charge is 2.25. The Kier molecular flexibility index (Phi) is 5.58. The number of ether oxygens (including phenoxy) is 1. The molecular weight excluding hydrogens is 386 g/mol. The van der Waals surface area contributed by atoms with Gasteiger partial charge in [0.05, 0.1) is 6.61 Å². The van der Waals surface area contributed by atoms with Crippen LogP contribution >= 0.6 is 0 Å². The fourth-order valence-electron chi connectivity index (χ4n) is 4.50. The van der Waals surface area contributed by atoms with Crippen LogP contribution < -0.4 is 15.4 Å². The van der Waals surface area contributed by atoms with Gasteiger partial charge in [-0.3, -0.25) is 0 Å². The third-order valence-corrected chi connectivity index (χ3v) is 6.68. The molecule has 2 N–H and O–H groups in total. The molecule has 2 aromatic rings. The van der Waals surface area contributed by atoms with Crippen molar-refractivity contribution in [1.82, 2.24) is 4.90 Å². The summed E-state index contributed by atoms with van der Waals surface area (Å²) in [6.07, 6.45) is 6.52. The van der Waals surface area contributed by atoms with Crippen LogP contribution in [-0.2, 0) is 6.42 Å². The highest BCUT2D eigenvalue weighted by atomic mass is 16.5. The quantitative estimate of drug-likeness (QED) is 0.650. The Labute approximate surface area is 184 Å². The first-order chi connectivity index (χ1) is 15.1. The summed E-state index contributed by atoms with van der Waals surface area (Å²) >= 11 is 0. The molecule has 2 aromatic carbocycles. The summed E-state index contributed by atoms with van der Waals surface area (Å²) in [5.74, 6) is 2.16. The van der Waals surface area contributed by atoms with Crippen LogP contribution in [0.15, 0.2) is 54.7 Å². The molecule has 5 rings (SSSR count). The lowest BCUT2D eigenvalue weighted by Crippen LogP contribution is -2.42. The third kappa shape index (κ3) is 4.87. The van der Waals surface area contributed by atoms with E-state index in [1.807, 2.05) is 23.1 Å². The van der Waals surface area contributed by atoms with Crippen molar-refractivity contribution >= 4 is 17.4 Å². The minimum atomic E-state index is 0.00214. The number of piperidine rings is 1. The van der Waals surface area contributed by atoms with E-state index in [9.17, 15) is 4.79 Å². The number of rotatable bonds is 5. The molecule has 1 saturated heterocycles. The largest absolute Gasteiger partial charge is 0.493 e. The number of amides is 2. The topological polar surface area (TPSA) is 53.6 Å². The molecule has 3 aliphatic rings. The number of allylic oxidation sites excluding steroid dienone is 1. The van der Waals surface area contributed by atoms with Gasteiger partial charge in [0.25, 0.3) is 0 Å². The van der Waals surface area contributed by atoms with Gasteiger partial charge >= 0.3 is 6.03 Å². The lowest BCUT2D eigenvalue weighted by molar-refractivity contribution is 0.152. The molecule has 0 atom stereocenters. The molecule has 0 bridgehead atoms. The van der Waals surface area contributed by atoms with Crippen LogP contribution in [0.1, 0.15) is 49.1 Å². The van der Waals surface area contributed by atoms with Crippen molar-refractivity contribution in [2.75, 3.05) is 30.3 Å². The second-order valence-electron chi connectivity index (χ2n) is 9.12. The normalized spacial score (nSPS) is 18.8. The van der Waals surface area contributed by atoms with Crippen LogP contribution in [0.3, 0.4) is 0 Å². The van der Waals surface area contributed by atoms with Crippen molar-refractivity contribution in [3.05, 3.63) is 65.9 Å². The van der Waals surface area contributed by atoms with Crippen molar-refractivity contribution in [2.24, 2.45) is 5.92 Å². The first-order valence-corrected chi connectivity index (χ1v) is 11.5. The number of nitrogens with one attached hydrogen (secondary N) is 2. The summed E-state index contributed by atoms with van der Waals surface area (Å²) < 4.78 is 6.10. The third-order valence-electron chi connectivity index (χ3n) is 6.68. The van der Waals surface area contributed by atoms with E-state index in [-0.39, 0.29) is 6.03 Å². The van der Waals surface area contributed by atoms with Gasteiger partial charge in [0.1, 0.15) is 5.75 Å². The minimum Gasteiger partial charge on any atom is -0.493 e. The molecule has 162 valence electrons. The van der Waals surface area contributed by atoms with Crippen molar-refractivity contribution in [3.8, 4) is 5.75 Å². The average Bonchev–Trinajstić information content (AvgIpc) is 3.64. The van der Waals surface area contributed by atoms with E-state index in [0.717, 1.165) is 67.5 Å². The second kappa shape index (κ2) is 8.66. The molecule has 0 radical (unpaired) electrons. The number of benzene rings is 2. The Hall–Kier alpha value is -2.95. The van der Waals surface area contributed by atoms with E-state index >= 15 is 0 Å². The lowest BCUT2D eigenvalue weighted by Gasteiger charge is -2.32. The molecule has 5 nitrogen and oxygen atoms in total. The zero-order chi connectivity index (χ0) is 21.2. The number of anilines is 2. The van der Waals surface area contributed by atoms with Crippen LogP contribution in [0.4, 0.5) is 16.2 Å². The van der Waals surface area contributed by atoms with Gasteiger partial charge in [-0.15, -0.1) is 0 Å². The van der Waals surface area contributed by atoms with Crippen LogP contribution in [-0.4, -0.2) is 30.6 Å². The van der Waals surface area contributed by atoms with Crippen molar-refractivity contribution in [3.63, 3.8) is 0 Å². The fourth-order valence-corrected chi connectivity index (χ4v) is 4.50. The molecule has 0 unspecified atom stereocenters. The molecule has 2 amide bonds. The summed E-state index contributed by atoms with van der Waals surface area (Å²) in [6, 6.07) is 14.6. The van der Waals surface area contributed by atoms with Gasteiger partial charge < -0.3 is 20.3 Å². The maximum atomic E-state index is 12.6. The summed E-state index contributed by atoms with van der Waals surface area (Å²) in [6.45, 7) is 6.27. The van der Waals surface area contributed by atoms with Crippen LogP contribution in [0.25, 0.3) is 0 Å². The van der Waals surface area contributed by atoms with E-state index in [1.165, 1.54) is 24.0 Å². The zero-order valence-electron chi connectivity index (χ0n) is 18.0. The van der Waals surface area contributed by atoms with Crippen LogP contribution in [0.2, 0.25) is 0 Å². The summed E-state index contributed by atoms with van der Waals surface area (Å²) in [4.78, 5) is 14.5. The second-order valence-corrected chi connectivity index (χ2v) is 9.12. The summed E-state index contributed by atoms with van der Waals surface area (Å²) in [5.41, 5.74) is 5.78. The van der Waals surface area contributed by atoms with Crippen molar-refractivity contribution in [1.29, 1.82) is 0 Å². The smallest absolute Gasteiger partial charge is 0.321 e. The maximum absolute atomic E-state index is 12.6. The van der Waals surface area contributed by atoms with E-state index in [0.29, 0.717) is 12.5 Å². The van der Waals surface area contributed by atoms with Gasteiger partial charge in [0, 0.05) is 30.2 Å². The number of aryl methyl sites for hydroxylation is 1.